The van der Waals surface area contributed by atoms with Gasteiger partial charge in [-0.2, -0.15) is 0 Å². The van der Waals surface area contributed by atoms with E-state index in [0.717, 1.165) is 57.8 Å². The first-order chi connectivity index (χ1) is 28.8. The van der Waals surface area contributed by atoms with E-state index in [2.05, 4.69) is 38.2 Å². The average molecular weight is 859 g/mol. The molecule has 0 bridgehead atoms. The second-order valence-corrected chi connectivity index (χ2v) is 17.9. The van der Waals surface area contributed by atoms with Crippen molar-refractivity contribution in [2.45, 2.75) is 244 Å². The smallest absolute Gasteiger partial charge is 0.457 e. The minimum absolute atomic E-state index is 0.184. The van der Waals surface area contributed by atoms with Crippen LogP contribution in [0.3, 0.4) is 0 Å². The number of aliphatic hydroxyl groups excluding tert-OH is 2. The molecule has 0 saturated heterocycles. The van der Waals surface area contributed by atoms with Crippen LogP contribution in [0.2, 0.25) is 0 Å². The van der Waals surface area contributed by atoms with Crippen LogP contribution in [-0.2, 0) is 32.7 Å². The molecule has 348 valence electrons. The molecule has 0 aliphatic rings. The quantitative estimate of drug-likeness (QED) is 0.0234. The number of ether oxygens (including phenoxy) is 2. The lowest BCUT2D eigenvalue weighted by atomic mass is 10.1. The molecule has 0 fully saturated rings. The standard InChI is InChI=1S/C48H91O10P/c1-3-5-7-9-11-13-15-17-19-20-21-22-23-24-26-28-30-32-34-36-38-40-48(52)58-46(42-50)44-56-59(53,54)55-43-45(41-49)57-47(51)39-37-35-33-31-29-27-25-18-16-14-12-10-8-6-4-2/h18,20-21,25,45-46,49-50H,3-17,19,22-24,26-44H2,1-2H3,(H,53,54)/b21-20-,25-18-. The molecule has 0 spiro atoms. The van der Waals surface area contributed by atoms with Gasteiger partial charge in [-0.05, 0) is 64.2 Å². The number of carbonyl (C=O) groups excluding carboxylic acids is 2. The van der Waals surface area contributed by atoms with Crippen molar-refractivity contribution in [3.63, 3.8) is 0 Å². The van der Waals surface area contributed by atoms with Crippen molar-refractivity contribution in [3.8, 4) is 0 Å². The van der Waals surface area contributed by atoms with Crippen LogP contribution in [0.15, 0.2) is 24.3 Å². The summed E-state index contributed by atoms with van der Waals surface area (Å²) in [4.78, 5) is 34.6. The average Bonchev–Trinajstić information content (AvgIpc) is 3.22. The maximum absolute atomic E-state index is 12.4. The molecular weight excluding hydrogens is 767 g/mol. The van der Waals surface area contributed by atoms with E-state index in [9.17, 15) is 29.3 Å². The first-order valence-corrected chi connectivity index (χ1v) is 25.8. The van der Waals surface area contributed by atoms with Crippen LogP contribution in [0.5, 0.6) is 0 Å². The molecule has 10 nitrogen and oxygen atoms in total. The van der Waals surface area contributed by atoms with Crippen LogP contribution >= 0.6 is 7.82 Å². The van der Waals surface area contributed by atoms with Crippen LogP contribution in [0.1, 0.15) is 232 Å². The summed E-state index contributed by atoms with van der Waals surface area (Å²) in [5.74, 6) is -1.02. The lowest BCUT2D eigenvalue weighted by Crippen LogP contribution is -2.28. The Balaban J connectivity index is 3.85. The zero-order valence-corrected chi connectivity index (χ0v) is 38.9. The third-order valence-electron chi connectivity index (χ3n) is 10.6. The van der Waals surface area contributed by atoms with Gasteiger partial charge in [-0.3, -0.25) is 18.6 Å². The van der Waals surface area contributed by atoms with Gasteiger partial charge in [-0.15, -0.1) is 0 Å². The van der Waals surface area contributed by atoms with E-state index in [1.807, 2.05) is 0 Å². The lowest BCUT2D eigenvalue weighted by molar-refractivity contribution is -0.153. The number of unbranched alkanes of at least 4 members (excludes halogenated alkanes) is 28. The summed E-state index contributed by atoms with van der Waals surface area (Å²) in [6.07, 6.45) is 45.8. The molecule has 0 radical (unpaired) electrons. The van der Waals surface area contributed by atoms with E-state index in [-0.39, 0.29) is 12.8 Å². The predicted molar refractivity (Wildman–Crippen MR) is 242 cm³/mol. The fourth-order valence-corrected chi connectivity index (χ4v) is 7.65. The van der Waals surface area contributed by atoms with E-state index in [0.29, 0.717) is 12.8 Å². The summed E-state index contributed by atoms with van der Waals surface area (Å²) in [5.41, 5.74) is 0. The van der Waals surface area contributed by atoms with Gasteiger partial charge in [-0.25, -0.2) is 4.57 Å². The number of phosphoric acid groups is 1. The Kier molecular flexibility index (Phi) is 43.3. The van der Waals surface area contributed by atoms with Gasteiger partial charge in [0.15, 0.2) is 0 Å². The summed E-state index contributed by atoms with van der Waals surface area (Å²) in [6, 6.07) is 0. The first-order valence-electron chi connectivity index (χ1n) is 24.3. The van der Waals surface area contributed by atoms with Crippen LogP contribution < -0.4 is 0 Å². The number of allylic oxidation sites excluding steroid dienone is 4. The maximum Gasteiger partial charge on any atom is 0.472 e. The Hall–Kier alpha value is -1.55. The molecule has 0 aromatic carbocycles. The van der Waals surface area contributed by atoms with E-state index in [4.69, 9.17) is 18.5 Å². The fraction of sp³-hybridized carbons (Fsp3) is 0.875. The Morgan fingerprint density at radius 3 is 0.966 bits per heavy atom. The number of hydrogen-bond acceptors (Lipinski definition) is 9. The Morgan fingerprint density at radius 2 is 0.695 bits per heavy atom. The van der Waals surface area contributed by atoms with E-state index >= 15 is 0 Å². The normalized spacial score (nSPS) is 13.9. The molecule has 0 saturated carbocycles. The predicted octanol–water partition coefficient (Wildman–Crippen LogP) is 13.3. The van der Waals surface area contributed by atoms with Crippen molar-refractivity contribution >= 4 is 19.8 Å². The SMILES string of the molecule is CCCCCCCC/C=C\CCCCCCCC(=O)OC(CO)COP(=O)(O)OCC(CO)OC(=O)CCCCCCCCCCC/C=C\CCCCCCCCCC. The molecule has 0 aromatic heterocycles. The van der Waals surface area contributed by atoms with Gasteiger partial charge < -0.3 is 24.6 Å². The third-order valence-corrected chi connectivity index (χ3v) is 11.6. The molecular formula is C48H91O10P. The summed E-state index contributed by atoms with van der Waals surface area (Å²) >= 11 is 0. The first kappa shape index (κ1) is 57.4. The minimum Gasteiger partial charge on any atom is -0.457 e. The van der Waals surface area contributed by atoms with E-state index in [1.54, 1.807) is 0 Å². The van der Waals surface area contributed by atoms with Gasteiger partial charge in [-0.1, -0.05) is 179 Å². The van der Waals surface area contributed by atoms with Crippen LogP contribution in [0, 0.1) is 0 Å². The molecule has 0 aliphatic carbocycles. The van der Waals surface area contributed by atoms with Gasteiger partial charge >= 0.3 is 19.8 Å². The zero-order valence-electron chi connectivity index (χ0n) is 38.0. The molecule has 3 N–H and O–H groups in total. The number of esters is 2. The molecule has 0 heterocycles. The summed E-state index contributed by atoms with van der Waals surface area (Å²) in [7, 11) is -4.64. The number of carbonyl (C=O) groups is 2. The lowest BCUT2D eigenvalue weighted by Gasteiger charge is -2.20. The van der Waals surface area contributed by atoms with Crippen LogP contribution in [-0.4, -0.2) is 65.7 Å². The summed E-state index contributed by atoms with van der Waals surface area (Å²) in [5, 5.41) is 19.2. The highest BCUT2D eigenvalue weighted by Crippen LogP contribution is 2.43. The fourth-order valence-electron chi connectivity index (χ4n) is 6.87. The second kappa shape index (κ2) is 44.5. The highest BCUT2D eigenvalue weighted by Gasteiger charge is 2.27. The van der Waals surface area contributed by atoms with Crippen LogP contribution in [0.25, 0.3) is 0 Å². The molecule has 0 aromatic rings. The monoisotopic (exact) mass is 859 g/mol. The largest absolute Gasteiger partial charge is 0.472 e. The third kappa shape index (κ3) is 42.9. The van der Waals surface area contributed by atoms with Crippen molar-refractivity contribution in [1.82, 2.24) is 0 Å². The van der Waals surface area contributed by atoms with Crippen molar-refractivity contribution in [2.75, 3.05) is 26.4 Å². The zero-order chi connectivity index (χ0) is 43.3. The Morgan fingerprint density at radius 1 is 0.441 bits per heavy atom. The van der Waals surface area contributed by atoms with Crippen molar-refractivity contribution in [3.05, 3.63) is 24.3 Å². The highest BCUT2D eigenvalue weighted by atomic mass is 31.2. The summed E-state index contributed by atoms with van der Waals surface area (Å²) in [6.45, 7) is 2.22. The number of phosphoric ester groups is 1. The number of aliphatic hydroxyl groups is 2. The highest BCUT2D eigenvalue weighted by molar-refractivity contribution is 7.47. The van der Waals surface area contributed by atoms with Crippen molar-refractivity contribution < 1.29 is 47.8 Å². The minimum atomic E-state index is -4.64. The topological polar surface area (TPSA) is 149 Å². The van der Waals surface area contributed by atoms with E-state index < -0.39 is 58.4 Å². The molecule has 0 aliphatic heterocycles. The second-order valence-electron chi connectivity index (χ2n) is 16.4. The molecule has 3 atom stereocenters. The number of hydrogen-bond donors (Lipinski definition) is 3. The Bertz CT molecular complexity index is 1040. The maximum atomic E-state index is 12.4. The molecule has 3 unspecified atom stereocenters. The Labute approximate surface area is 361 Å². The van der Waals surface area contributed by atoms with Crippen molar-refractivity contribution in [1.29, 1.82) is 0 Å². The van der Waals surface area contributed by atoms with Gasteiger partial charge in [0.05, 0.1) is 26.4 Å². The molecule has 0 rings (SSSR count). The summed E-state index contributed by atoms with van der Waals surface area (Å²) < 4.78 is 32.6. The van der Waals surface area contributed by atoms with Gasteiger partial charge in [0.2, 0.25) is 0 Å². The van der Waals surface area contributed by atoms with Gasteiger partial charge in [0, 0.05) is 12.8 Å². The number of rotatable bonds is 46. The van der Waals surface area contributed by atoms with Crippen LogP contribution in [0.4, 0.5) is 0 Å². The van der Waals surface area contributed by atoms with Gasteiger partial charge in [0.1, 0.15) is 12.2 Å². The molecule has 11 heteroatoms. The van der Waals surface area contributed by atoms with E-state index in [1.165, 1.54) is 135 Å². The molecule has 59 heavy (non-hydrogen) atoms. The van der Waals surface area contributed by atoms with Crippen molar-refractivity contribution in [2.24, 2.45) is 0 Å². The molecule has 0 amide bonds. The van der Waals surface area contributed by atoms with Gasteiger partial charge in [0.25, 0.3) is 0 Å².